The fourth-order valence-corrected chi connectivity index (χ4v) is 4.04. The first-order chi connectivity index (χ1) is 14.2. The van der Waals surface area contributed by atoms with Gasteiger partial charge in [0.25, 0.3) is 0 Å². The van der Waals surface area contributed by atoms with Gasteiger partial charge in [0.15, 0.2) is 5.78 Å². The highest BCUT2D eigenvalue weighted by Crippen LogP contribution is 2.34. The summed E-state index contributed by atoms with van der Waals surface area (Å²) in [4.78, 5) is 17.8. The molecule has 0 N–H and O–H groups in total. The predicted molar refractivity (Wildman–Crippen MR) is 107 cm³/mol. The number of alkyl halides is 3. The van der Waals surface area contributed by atoms with Crippen LogP contribution in [0.3, 0.4) is 0 Å². The van der Waals surface area contributed by atoms with Crippen molar-refractivity contribution in [2.45, 2.75) is 38.5 Å². The number of pyridine rings is 1. The van der Waals surface area contributed by atoms with E-state index in [1.165, 1.54) is 24.0 Å². The summed E-state index contributed by atoms with van der Waals surface area (Å²) in [7, 11) is 0. The number of aromatic nitrogens is 1. The first-order valence-electron chi connectivity index (χ1n) is 9.74. The Morgan fingerprint density at radius 1 is 1.13 bits per heavy atom. The Morgan fingerprint density at radius 3 is 2.53 bits per heavy atom. The van der Waals surface area contributed by atoms with Crippen molar-refractivity contribution in [2.75, 3.05) is 6.54 Å². The summed E-state index contributed by atoms with van der Waals surface area (Å²) < 4.78 is 53.1. The number of carbonyl (C=O) groups excluding carboxylic acids is 1. The van der Waals surface area contributed by atoms with Crippen LogP contribution >= 0.6 is 0 Å². The number of likely N-dealkylation sites (tertiary alicyclic amines) is 1. The lowest BCUT2D eigenvalue weighted by molar-refractivity contribution is -0.177. The van der Waals surface area contributed by atoms with Crippen LogP contribution in [0.15, 0.2) is 48.5 Å². The number of Topliss-reactive ketones (excluding diaryl/α,β-unsaturated/α-hetero) is 1. The third-order valence-corrected chi connectivity index (χ3v) is 5.52. The lowest BCUT2D eigenvalue weighted by Gasteiger charge is -2.26. The zero-order chi connectivity index (χ0) is 21.5. The van der Waals surface area contributed by atoms with Gasteiger partial charge in [-0.1, -0.05) is 24.3 Å². The molecule has 0 saturated carbocycles. The van der Waals surface area contributed by atoms with Gasteiger partial charge < -0.3 is 0 Å². The first-order valence-corrected chi connectivity index (χ1v) is 9.74. The highest BCUT2D eigenvalue weighted by molar-refractivity contribution is 6.01. The second-order valence-electron chi connectivity index (χ2n) is 7.64. The van der Waals surface area contributed by atoms with Crippen molar-refractivity contribution in [3.05, 3.63) is 65.6 Å². The van der Waals surface area contributed by atoms with E-state index in [9.17, 15) is 22.4 Å². The molecule has 1 atom stereocenters. The number of carbonyl (C=O) groups is 1. The van der Waals surface area contributed by atoms with E-state index in [4.69, 9.17) is 0 Å². The predicted octanol–water partition coefficient (Wildman–Crippen LogP) is 5.77. The number of halogens is 4. The van der Waals surface area contributed by atoms with Gasteiger partial charge in [0.2, 0.25) is 0 Å². The number of nitrogens with zero attached hydrogens (tertiary/aromatic N) is 2. The molecule has 1 unspecified atom stereocenters. The number of rotatable bonds is 4. The Bertz CT molecular complexity index is 1090. The first kappa shape index (κ1) is 20.5. The average Bonchev–Trinajstić information content (AvgIpc) is 3.16. The molecular weight excluding hydrogens is 396 g/mol. The summed E-state index contributed by atoms with van der Waals surface area (Å²) in [5.41, 5.74) is 2.95. The maximum atomic E-state index is 13.3. The molecule has 2 aromatic carbocycles. The largest absolute Gasteiger partial charge is 0.404 e. The van der Waals surface area contributed by atoms with Crippen molar-refractivity contribution in [3.63, 3.8) is 0 Å². The summed E-state index contributed by atoms with van der Waals surface area (Å²) in [6, 6.07) is 11.5. The van der Waals surface area contributed by atoms with Crippen molar-refractivity contribution < 1.29 is 22.4 Å². The van der Waals surface area contributed by atoms with Gasteiger partial charge in [-0.3, -0.25) is 9.69 Å². The molecule has 1 aliphatic heterocycles. The summed E-state index contributed by atoms with van der Waals surface area (Å²) in [5.74, 6) is -0.585. The molecule has 1 aliphatic rings. The van der Waals surface area contributed by atoms with Crippen molar-refractivity contribution >= 4 is 16.7 Å². The second kappa shape index (κ2) is 7.80. The van der Waals surface area contributed by atoms with E-state index in [0.29, 0.717) is 24.0 Å². The van der Waals surface area contributed by atoms with Crippen molar-refractivity contribution in [3.8, 4) is 11.1 Å². The number of fused-ring (bicyclic) bond motifs is 1. The maximum absolute atomic E-state index is 13.3. The Labute approximate surface area is 171 Å². The molecule has 30 heavy (non-hydrogen) atoms. The minimum atomic E-state index is -4.25. The minimum Gasteiger partial charge on any atom is -0.293 e. The molecule has 4 rings (SSSR count). The van der Waals surface area contributed by atoms with Gasteiger partial charge >= 0.3 is 6.18 Å². The number of hydrogen-bond acceptors (Lipinski definition) is 3. The summed E-state index contributed by atoms with van der Waals surface area (Å²) in [6.07, 6.45) is -3.62. The molecule has 3 nitrogen and oxygen atoms in total. The molecular formula is C23H20F4N2O. The van der Waals surface area contributed by atoms with E-state index in [1.807, 2.05) is 0 Å². The van der Waals surface area contributed by atoms with E-state index < -0.39 is 12.2 Å². The molecule has 0 radical (unpaired) electrons. The van der Waals surface area contributed by atoms with Gasteiger partial charge in [0, 0.05) is 18.9 Å². The van der Waals surface area contributed by atoms with E-state index in [-0.39, 0.29) is 30.3 Å². The maximum Gasteiger partial charge on any atom is 0.404 e. The molecule has 1 aromatic heterocycles. The quantitative estimate of drug-likeness (QED) is 0.400. The van der Waals surface area contributed by atoms with Crippen molar-refractivity contribution in [2.24, 2.45) is 0 Å². The average molecular weight is 416 g/mol. The summed E-state index contributed by atoms with van der Waals surface area (Å²) in [6.45, 7) is 1.96. The van der Waals surface area contributed by atoms with Crippen LogP contribution in [-0.4, -0.2) is 34.4 Å². The molecule has 1 saturated heterocycles. The van der Waals surface area contributed by atoms with Crippen LogP contribution in [0, 0.1) is 5.82 Å². The fourth-order valence-electron chi connectivity index (χ4n) is 4.04. The van der Waals surface area contributed by atoms with Gasteiger partial charge in [-0.25, -0.2) is 9.37 Å². The van der Waals surface area contributed by atoms with Crippen LogP contribution in [0.1, 0.15) is 35.8 Å². The van der Waals surface area contributed by atoms with Crippen LogP contribution in [0.5, 0.6) is 0 Å². The highest BCUT2D eigenvalue weighted by Gasteiger charge is 2.45. The van der Waals surface area contributed by atoms with Crippen LogP contribution in [0.2, 0.25) is 0 Å². The summed E-state index contributed by atoms with van der Waals surface area (Å²) in [5, 5.41) is 0.754. The van der Waals surface area contributed by atoms with E-state index in [0.717, 1.165) is 16.5 Å². The number of ketones is 1. The third-order valence-electron chi connectivity index (χ3n) is 5.52. The molecule has 0 aliphatic carbocycles. The lowest BCUT2D eigenvalue weighted by Crippen LogP contribution is -2.40. The minimum absolute atomic E-state index is 0.110. The fraction of sp³-hybridized carbons (Fsp3) is 0.304. The van der Waals surface area contributed by atoms with Gasteiger partial charge in [0.05, 0.1) is 5.52 Å². The van der Waals surface area contributed by atoms with Crippen LogP contribution in [-0.2, 0) is 6.54 Å². The molecule has 2 heterocycles. The van der Waals surface area contributed by atoms with Crippen LogP contribution < -0.4 is 0 Å². The molecule has 7 heteroatoms. The molecule has 3 aromatic rings. The van der Waals surface area contributed by atoms with E-state index in [1.54, 1.807) is 36.4 Å². The smallest absolute Gasteiger partial charge is 0.293 e. The Morgan fingerprint density at radius 2 is 1.87 bits per heavy atom. The van der Waals surface area contributed by atoms with E-state index >= 15 is 0 Å². The van der Waals surface area contributed by atoms with Gasteiger partial charge in [0.1, 0.15) is 17.6 Å². The van der Waals surface area contributed by atoms with Gasteiger partial charge in [-0.2, -0.15) is 13.2 Å². The van der Waals surface area contributed by atoms with Gasteiger partial charge in [-0.15, -0.1) is 0 Å². The Balaban J connectivity index is 1.75. The zero-order valence-corrected chi connectivity index (χ0v) is 16.3. The lowest BCUT2D eigenvalue weighted by atomic mass is 9.98. The standard InChI is InChI=1S/C23H20F4N2O/c1-14(30)20-12-19(16-5-7-17(24)8-6-16)18-9-4-15(11-21(18)28-20)13-29-10-2-3-22(29)23(25,26)27/h4-9,11-12,22H,2-3,10,13H2,1H3. The monoisotopic (exact) mass is 416 g/mol. The third kappa shape index (κ3) is 4.07. The van der Waals surface area contributed by atoms with Crippen molar-refractivity contribution in [1.82, 2.24) is 9.88 Å². The highest BCUT2D eigenvalue weighted by atomic mass is 19.4. The molecule has 156 valence electrons. The van der Waals surface area contributed by atoms with Crippen molar-refractivity contribution in [1.29, 1.82) is 0 Å². The SMILES string of the molecule is CC(=O)c1cc(-c2ccc(F)cc2)c2ccc(CN3CCCC3C(F)(F)F)cc2n1. The zero-order valence-electron chi connectivity index (χ0n) is 16.3. The van der Waals surface area contributed by atoms with Crippen LogP contribution in [0.25, 0.3) is 22.0 Å². The van der Waals surface area contributed by atoms with Crippen LogP contribution in [0.4, 0.5) is 17.6 Å². The van der Waals surface area contributed by atoms with Gasteiger partial charge in [-0.05, 0) is 60.3 Å². The molecule has 0 bridgehead atoms. The molecule has 0 spiro atoms. The number of benzene rings is 2. The van der Waals surface area contributed by atoms with E-state index in [2.05, 4.69) is 4.98 Å². The number of hydrogen-bond donors (Lipinski definition) is 0. The topological polar surface area (TPSA) is 33.2 Å². The molecule has 0 amide bonds. The second-order valence-corrected chi connectivity index (χ2v) is 7.64. The normalized spacial score (nSPS) is 17.6. The summed E-state index contributed by atoms with van der Waals surface area (Å²) >= 11 is 0. The molecule has 1 fully saturated rings. The Hall–Kier alpha value is -2.80. The Kier molecular flexibility index (Phi) is 5.32.